The van der Waals surface area contributed by atoms with Crippen LogP contribution in [0.1, 0.15) is 28.8 Å². The maximum absolute atomic E-state index is 14.8. The lowest BCUT2D eigenvalue weighted by Crippen LogP contribution is -2.54. The van der Waals surface area contributed by atoms with E-state index in [9.17, 15) is 23.6 Å². The highest BCUT2D eigenvalue weighted by molar-refractivity contribution is 6.07. The van der Waals surface area contributed by atoms with E-state index in [-0.39, 0.29) is 24.8 Å². The molecule has 1 unspecified atom stereocenters. The van der Waals surface area contributed by atoms with Crippen LogP contribution in [0.2, 0.25) is 0 Å². The van der Waals surface area contributed by atoms with Crippen LogP contribution in [0, 0.1) is 12.7 Å². The Labute approximate surface area is 162 Å². The minimum atomic E-state index is -1.08. The zero-order valence-corrected chi connectivity index (χ0v) is 15.9. The fourth-order valence-corrected chi connectivity index (χ4v) is 3.54. The first-order chi connectivity index (χ1) is 13.3. The van der Waals surface area contributed by atoms with E-state index in [4.69, 9.17) is 0 Å². The van der Waals surface area contributed by atoms with E-state index >= 15 is 0 Å². The molecule has 28 heavy (non-hydrogen) atoms. The lowest BCUT2D eigenvalue weighted by molar-refractivity contribution is -0.139. The predicted octanol–water partition coefficient (Wildman–Crippen LogP) is 0.290. The van der Waals surface area contributed by atoms with Crippen molar-refractivity contribution >= 4 is 29.8 Å². The number of anilines is 1. The molecule has 0 bridgehead atoms. The van der Waals surface area contributed by atoms with Gasteiger partial charge in [-0.3, -0.25) is 29.4 Å². The van der Waals surface area contributed by atoms with Crippen LogP contribution in [-0.4, -0.2) is 73.2 Å². The van der Waals surface area contributed by atoms with Gasteiger partial charge < -0.3 is 9.80 Å². The molecule has 1 atom stereocenters. The Bertz CT molecular complexity index is 820. The van der Waals surface area contributed by atoms with Crippen LogP contribution >= 0.6 is 0 Å². The maximum atomic E-state index is 14.8. The number of benzene rings is 1. The number of aryl methyl sites for hydroxylation is 1. The SMILES string of the molecule is Cc1cc(N2CCN(C)CC2)c(F)cc1C(=O)N(C=O)C1CCC(=O)NC1=O. The van der Waals surface area contributed by atoms with Crippen molar-refractivity contribution in [3.05, 3.63) is 29.1 Å². The van der Waals surface area contributed by atoms with E-state index in [1.807, 2.05) is 11.9 Å². The Morgan fingerprint density at radius 1 is 1.25 bits per heavy atom. The molecule has 8 nitrogen and oxygen atoms in total. The fraction of sp³-hybridized carbons (Fsp3) is 0.474. The first-order valence-electron chi connectivity index (χ1n) is 9.17. The summed E-state index contributed by atoms with van der Waals surface area (Å²) in [5.41, 5.74) is 0.951. The van der Waals surface area contributed by atoms with Crippen molar-refractivity contribution in [2.24, 2.45) is 0 Å². The van der Waals surface area contributed by atoms with Crippen LogP contribution in [0.15, 0.2) is 12.1 Å². The minimum absolute atomic E-state index is 0.0205. The van der Waals surface area contributed by atoms with Gasteiger partial charge in [0.1, 0.15) is 11.9 Å². The Balaban J connectivity index is 1.85. The summed E-state index contributed by atoms with van der Waals surface area (Å²) in [5, 5.41) is 2.12. The van der Waals surface area contributed by atoms with Crippen molar-refractivity contribution in [1.82, 2.24) is 15.1 Å². The van der Waals surface area contributed by atoms with Gasteiger partial charge in [0.25, 0.3) is 5.91 Å². The number of halogens is 1. The van der Waals surface area contributed by atoms with Crippen LogP contribution in [-0.2, 0) is 14.4 Å². The van der Waals surface area contributed by atoms with Gasteiger partial charge in [0, 0.05) is 38.2 Å². The van der Waals surface area contributed by atoms with Crippen LogP contribution in [0.5, 0.6) is 0 Å². The fourth-order valence-electron chi connectivity index (χ4n) is 3.54. The van der Waals surface area contributed by atoms with Crippen molar-refractivity contribution in [2.45, 2.75) is 25.8 Å². The Hall–Kier alpha value is -2.81. The largest absolute Gasteiger partial charge is 0.367 e. The highest BCUT2D eigenvalue weighted by atomic mass is 19.1. The lowest BCUT2D eigenvalue weighted by atomic mass is 10.0. The van der Waals surface area contributed by atoms with Crippen molar-refractivity contribution in [1.29, 1.82) is 0 Å². The van der Waals surface area contributed by atoms with E-state index in [2.05, 4.69) is 10.2 Å². The molecule has 3 rings (SSSR count). The van der Waals surface area contributed by atoms with Gasteiger partial charge in [0.05, 0.1) is 5.69 Å². The third-order valence-electron chi connectivity index (χ3n) is 5.26. The van der Waals surface area contributed by atoms with Crippen molar-refractivity contribution in [2.75, 3.05) is 38.1 Å². The molecule has 1 N–H and O–H groups in total. The number of nitrogens with zero attached hydrogens (tertiary/aromatic N) is 3. The summed E-state index contributed by atoms with van der Waals surface area (Å²) in [4.78, 5) is 52.5. The number of piperidine rings is 1. The molecule has 0 radical (unpaired) electrons. The molecule has 0 aromatic heterocycles. The molecule has 150 valence electrons. The molecule has 0 aliphatic carbocycles. The number of hydrogen-bond donors (Lipinski definition) is 1. The average Bonchev–Trinajstić information content (AvgIpc) is 2.66. The summed E-state index contributed by atoms with van der Waals surface area (Å²) in [6.45, 7) is 4.65. The summed E-state index contributed by atoms with van der Waals surface area (Å²) < 4.78 is 14.8. The highest BCUT2D eigenvalue weighted by Crippen LogP contribution is 2.26. The summed E-state index contributed by atoms with van der Waals surface area (Å²) in [6.07, 6.45) is 0.341. The quantitative estimate of drug-likeness (QED) is 0.587. The van der Waals surface area contributed by atoms with Gasteiger partial charge in [-0.1, -0.05) is 0 Å². The number of likely N-dealkylation sites (N-methyl/N-ethyl adjacent to an activating group) is 1. The smallest absolute Gasteiger partial charge is 0.261 e. The molecule has 0 saturated carbocycles. The summed E-state index contributed by atoms with van der Waals surface area (Å²) >= 11 is 0. The van der Waals surface area contributed by atoms with Crippen molar-refractivity contribution < 1.29 is 23.6 Å². The molecule has 1 aromatic carbocycles. The third kappa shape index (κ3) is 3.89. The van der Waals surface area contributed by atoms with Gasteiger partial charge in [-0.2, -0.15) is 0 Å². The van der Waals surface area contributed by atoms with E-state index < -0.39 is 29.6 Å². The number of carbonyl (C=O) groups excluding carboxylic acids is 4. The standard InChI is InChI=1S/C19H23FN4O4/c1-12-9-16(23-7-5-22(2)6-8-23)14(20)10-13(12)19(28)24(11-25)15-3-4-17(26)21-18(15)27/h9-11,15H,3-8H2,1-2H3,(H,21,26,27). The molecule has 2 saturated heterocycles. The molecule has 2 fully saturated rings. The van der Waals surface area contributed by atoms with Gasteiger partial charge in [0.2, 0.25) is 18.2 Å². The molecule has 4 amide bonds. The van der Waals surface area contributed by atoms with E-state index in [0.717, 1.165) is 24.1 Å². The first kappa shape index (κ1) is 19.9. The second-order valence-corrected chi connectivity index (χ2v) is 7.19. The second kappa shape index (κ2) is 8.05. The monoisotopic (exact) mass is 390 g/mol. The summed E-state index contributed by atoms with van der Waals surface area (Å²) in [6, 6.07) is 1.64. The maximum Gasteiger partial charge on any atom is 0.261 e. The lowest BCUT2D eigenvalue weighted by Gasteiger charge is -2.34. The molecular weight excluding hydrogens is 367 g/mol. The molecule has 2 heterocycles. The number of nitrogens with one attached hydrogen (secondary N) is 1. The summed E-state index contributed by atoms with van der Waals surface area (Å²) in [7, 11) is 2.00. The van der Waals surface area contributed by atoms with Crippen LogP contribution < -0.4 is 10.2 Å². The number of hydrogen-bond acceptors (Lipinski definition) is 6. The van der Waals surface area contributed by atoms with E-state index in [1.54, 1.807) is 13.0 Å². The average molecular weight is 390 g/mol. The third-order valence-corrected chi connectivity index (χ3v) is 5.26. The van der Waals surface area contributed by atoms with Gasteiger partial charge in [-0.05, 0) is 38.1 Å². The van der Waals surface area contributed by atoms with Crippen molar-refractivity contribution in [3.63, 3.8) is 0 Å². The number of amides is 4. The van der Waals surface area contributed by atoms with Crippen LogP contribution in [0.3, 0.4) is 0 Å². The Morgan fingerprint density at radius 2 is 1.93 bits per heavy atom. The number of rotatable bonds is 4. The molecule has 0 spiro atoms. The number of piperazine rings is 1. The zero-order valence-electron chi connectivity index (χ0n) is 15.9. The second-order valence-electron chi connectivity index (χ2n) is 7.19. The van der Waals surface area contributed by atoms with Gasteiger partial charge in [0.15, 0.2) is 0 Å². The Morgan fingerprint density at radius 3 is 2.54 bits per heavy atom. The number of imide groups is 2. The van der Waals surface area contributed by atoms with Gasteiger partial charge in [-0.25, -0.2) is 4.39 Å². The zero-order chi connectivity index (χ0) is 20.4. The van der Waals surface area contributed by atoms with Crippen LogP contribution in [0.25, 0.3) is 0 Å². The highest BCUT2D eigenvalue weighted by Gasteiger charge is 2.35. The number of carbonyl (C=O) groups is 4. The first-order valence-corrected chi connectivity index (χ1v) is 9.17. The predicted molar refractivity (Wildman–Crippen MR) is 99.3 cm³/mol. The molecular formula is C19H23FN4O4. The topological polar surface area (TPSA) is 90.0 Å². The van der Waals surface area contributed by atoms with Crippen molar-refractivity contribution in [3.8, 4) is 0 Å². The normalized spacial score (nSPS) is 20.7. The van der Waals surface area contributed by atoms with Gasteiger partial charge in [-0.15, -0.1) is 0 Å². The van der Waals surface area contributed by atoms with E-state index in [1.165, 1.54) is 0 Å². The Kier molecular flexibility index (Phi) is 5.73. The van der Waals surface area contributed by atoms with Crippen LogP contribution in [0.4, 0.5) is 10.1 Å². The molecule has 2 aliphatic rings. The van der Waals surface area contributed by atoms with Gasteiger partial charge >= 0.3 is 0 Å². The molecule has 1 aromatic rings. The van der Waals surface area contributed by atoms with E-state index in [0.29, 0.717) is 24.3 Å². The minimum Gasteiger partial charge on any atom is -0.367 e. The molecule has 9 heteroatoms. The summed E-state index contributed by atoms with van der Waals surface area (Å²) in [5.74, 6) is -2.46. The molecule has 2 aliphatic heterocycles.